The van der Waals surface area contributed by atoms with Crippen LogP contribution < -0.4 is 4.74 Å². The van der Waals surface area contributed by atoms with E-state index >= 15 is 0 Å². The molecule has 1 heterocycles. The van der Waals surface area contributed by atoms with Crippen LogP contribution in [0, 0.1) is 0 Å². The van der Waals surface area contributed by atoms with Gasteiger partial charge >= 0.3 is 0 Å². The maximum absolute atomic E-state index is 11.6. The summed E-state index contributed by atoms with van der Waals surface area (Å²) in [7, 11) is 0. The van der Waals surface area contributed by atoms with Crippen molar-refractivity contribution >= 4 is 11.4 Å². The number of fused-ring (bicyclic) bond motifs is 1. The third kappa shape index (κ3) is 2.12. The number of carbonyl (C=O) groups excluding carboxylic acids is 1. The summed E-state index contributed by atoms with van der Waals surface area (Å²) < 4.78 is 5.50. The summed E-state index contributed by atoms with van der Waals surface area (Å²) in [5, 5.41) is 0. The third-order valence-electron chi connectivity index (χ3n) is 3.51. The van der Waals surface area contributed by atoms with Crippen molar-refractivity contribution in [3.8, 4) is 5.75 Å². The van der Waals surface area contributed by atoms with Gasteiger partial charge in [-0.25, -0.2) is 0 Å². The standard InChI is InChI=1S/C15H16O2/c16-14-4-2-1-3-11(10-14)12-5-6-15-13(9-12)7-8-17-15/h5-6,9-10H,1-4,7-8H2. The minimum absolute atomic E-state index is 0.272. The van der Waals surface area contributed by atoms with Gasteiger partial charge in [0.15, 0.2) is 5.78 Å². The zero-order chi connectivity index (χ0) is 11.7. The molecule has 2 heteroatoms. The molecule has 0 atom stereocenters. The molecular weight excluding hydrogens is 212 g/mol. The summed E-state index contributed by atoms with van der Waals surface area (Å²) >= 11 is 0. The van der Waals surface area contributed by atoms with E-state index in [4.69, 9.17) is 4.74 Å². The number of rotatable bonds is 1. The molecule has 0 aromatic heterocycles. The minimum atomic E-state index is 0.272. The van der Waals surface area contributed by atoms with Crippen LogP contribution in [0.3, 0.4) is 0 Å². The highest BCUT2D eigenvalue weighted by Crippen LogP contribution is 2.31. The second-order valence-electron chi connectivity index (χ2n) is 4.76. The lowest BCUT2D eigenvalue weighted by Crippen LogP contribution is -1.91. The Morgan fingerprint density at radius 3 is 2.88 bits per heavy atom. The van der Waals surface area contributed by atoms with Gasteiger partial charge in [0, 0.05) is 12.8 Å². The summed E-state index contributed by atoms with van der Waals surface area (Å²) in [4.78, 5) is 11.6. The van der Waals surface area contributed by atoms with Crippen LogP contribution in [0.25, 0.3) is 5.57 Å². The van der Waals surface area contributed by atoms with Crippen LogP contribution in [0.15, 0.2) is 24.3 Å². The number of ketones is 1. The Morgan fingerprint density at radius 2 is 1.94 bits per heavy atom. The molecule has 3 rings (SSSR count). The van der Waals surface area contributed by atoms with Crippen LogP contribution in [-0.2, 0) is 11.2 Å². The predicted octanol–water partition coefficient (Wildman–Crippen LogP) is 3.15. The van der Waals surface area contributed by atoms with Crippen molar-refractivity contribution in [3.63, 3.8) is 0 Å². The highest BCUT2D eigenvalue weighted by molar-refractivity contribution is 5.97. The van der Waals surface area contributed by atoms with Crippen LogP contribution in [0.5, 0.6) is 5.75 Å². The van der Waals surface area contributed by atoms with Crippen LogP contribution in [0.2, 0.25) is 0 Å². The summed E-state index contributed by atoms with van der Waals surface area (Å²) in [6.45, 7) is 0.788. The third-order valence-corrected chi connectivity index (χ3v) is 3.51. The van der Waals surface area contributed by atoms with E-state index in [1.165, 1.54) is 16.7 Å². The van der Waals surface area contributed by atoms with Gasteiger partial charge in [-0.1, -0.05) is 6.07 Å². The maximum atomic E-state index is 11.6. The van der Waals surface area contributed by atoms with Gasteiger partial charge in [0.2, 0.25) is 0 Å². The lowest BCUT2D eigenvalue weighted by Gasteiger charge is -2.07. The van der Waals surface area contributed by atoms with E-state index in [1.54, 1.807) is 0 Å². The number of hydrogen-bond acceptors (Lipinski definition) is 2. The van der Waals surface area contributed by atoms with E-state index in [-0.39, 0.29) is 5.78 Å². The Bertz CT molecular complexity index is 486. The molecule has 1 aliphatic heterocycles. The molecule has 1 aliphatic carbocycles. The number of ether oxygens (including phenoxy) is 1. The fraction of sp³-hybridized carbons (Fsp3) is 0.400. The molecule has 1 aromatic carbocycles. The van der Waals surface area contributed by atoms with Crippen molar-refractivity contribution in [1.82, 2.24) is 0 Å². The van der Waals surface area contributed by atoms with Gasteiger partial charge in [0.1, 0.15) is 5.75 Å². The van der Waals surface area contributed by atoms with Crippen molar-refractivity contribution < 1.29 is 9.53 Å². The van der Waals surface area contributed by atoms with Crippen molar-refractivity contribution in [2.45, 2.75) is 32.1 Å². The van der Waals surface area contributed by atoms with Crippen molar-refractivity contribution in [1.29, 1.82) is 0 Å². The molecule has 17 heavy (non-hydrogen) atoms. The average Bonchev–Trinajstić information content (AvgIpc) is 2.69. The average molecular weight is 228 g/mol. The monoisotopic (exact) mass is 228 g/mol. The molecular formula is C15H16O2. The molecule has 2 aliphatic rings. The second kappa shape index (κ2) is 4.36. The van der Waals surface area contributed by atoms with Gasteiger partial charge in [0.25, 0.3) is 0 Å². The van der Waals surface area contributed by atoms with Gasteiger partial charge < -0.3 is 4.74 Å². The zero-order valence-corrected chi connectivity index (χ0v) is 9.87. The van der Waals surface area contributed by atoms with Gasteiger partial charge in [0.05, 0.1) is 6.61 Å². The molecule has 0 saturated carbocycles. The highest BCUT2D eigenvalue weighted by atomic mass is 16.5. The normalized spacial score (nSPS) is 19.3. The predicted molar refractivity (Wildman–Crippen MR) is 67.1 cm³/mol. The fourth-order valence-corrected chi connectivity index (χ4v) is 2.57. The molecule has 88 valence electrons. The summed E-state index contributed by atoms with van der Waals surface area (Å²) in [5.74, 6) is 1.28. The van der Waals surface area contributed by atoms with E-state index in [2.05, 4.69) is 12.1 Å². The summed E-state index contributed by atoms with van der Waals surface area (Å²) in [6.07, 6.45) is 6.69. The molecule has 2 nitrogen and oxygen atoms in total. The molecule has 0 N–H and O–H groups in total. The van der Waals surface area contributed by atoms with Gasteiger partial charge in [-0.3, -0.25) is 4.79 Å². The smallest absolute Gasteiger partial charge is 0.155 e. The van der Waals surface area contributed by atoms with Gasteiger partial charge in [-0.2, -0.15) is 0 Å². The van der Waals surface area contributed by atoms with Crippen molar-refractivity contribution in [2.24, 2.45) is 0 Å². The van der Waals surface area contributed by atoms with Crippen molar-refractivity contribution in [3.05, 3.63) is 35.4 Å². The largest absolute Gasteiger partial charge is 0.493 e. The first kappa shape index (κ1) is 10.6. The Morgan fingerprint density at radius 1 is 1.06 bits per heavy atom. The van der Waals surface area contributed by atoms with E-state index in [0.717, 1.165) is 38.0 Å². The molecule has 0 bridgehead atoms. The Kier molecular flexibility index (Phi) is 2.71. The van der Waals surface area contributed by atoms with Crippen molar-refractivity contribution in [2.75, 3.05) is 6.61 Å². The van der Waals surface area contributed by atoms with Crippen LogP contribution >= 0.6 is 0 Å². The number of allylic oxidation sites excluding steroid dienone is 2. The topological polar surface area (TPSA) is 26.3 Å². The molecule has 0 amide bonds. The van der Waals surface area contributed by atoms with Crippen LogP contribution in [0.4, 0.5) is 0 Å². The lowest BCUT2D eigenvalue weighted by atomic mass is 9.98. The summed E-state index contributed by atoms with van der Waals surface area (Å²) in [6, 6.07) is 6.30. The van der Waals surface area contributed by atoms with E-state index < -0.39 is 0 Å². The quantitative estimate of drug-likeness (QED) is 0.738. The Hall–Kier alpha value is -1.57. The van der Waals surface area contributed by atoms with Gasteiger partial charge in [-0.15, -0.1) is 0 Å². The number of benzene rings is 1. The van der Waals surface area contributed by atoms with E-state index in [1.807, 2.05) is 12.1 Å². The molecule has 1 aromatic rings. The number of carbonyl (C=O) groups is 1. The first-order valence-electron chi connectivity index (χ1n) is 6.32. The molecule has 0 fully saturated rings. The molecule has 0 radical (unpaired) electrons. The Labute approximate surface area is 101 Å². The lowest BCUT2D eigenvalue weighted by molar-refractivity contribution is -0.114. The zero-order valence-electron chi connectivity index (χ0n) is 9.87. The molecule has 0 saturated heterocycles. The van der Waals surface area contributed by atoms with Crippen LogP contribution in [-0.4, -0.2) is 12.4 Å². The first-order valence-corrected chi connectivity index (χ1v) is 6.32. The Balaban J connectivity index is 1.95. The molecule has 0 unspecified atom stereocenters. The van der Waals surface area contributed by atoms with E-state index in [0.29, 0.717) is 6.42 Å². The second-order valence-corrected chi connectivity index (χ2v) is 4.76. The maximum Gasteiger partial charge on any atom is 0.155 e. The SMILES string of the molecule is O=C1C=C(c2ccc3c(c2)CCO3)CCCC1. The first-order chi connectivity index (χ1) is 8.33. The van der Waals surface area contributed by atoms with Crippen LogP contribution in [0.1, 0.15) is 36.8 Å². The highest BCUT2D eigenvalue weighted by Gasteiger charge is 2.15. The fourth-order valence-electron chi connectivity index (χ4n) is 2.57. The number of hydrogen-bond donors (Lipinski definition) is 0. The molecule has 0 spiro atoms. The summed E-state index contributed by atoms with van der Waals surface area (Å²) in [5.41, 5.74) is 3.67. The minimum Gasteiger partial charge on any atom is -0.493 e. The van der Waals surface area contributed by atoms with Gasteiger partial charge in [-0.05, 0) is 54.2 Å². The van der Waals surface area contributed by atoms with E-state index in [9.17, 15) is 4.79 Å².